The maximum absolute atomic E-state index is 8.70. The topological polar surface area (TPSA) is 8.17 Å². The molecule has 11 rings (SSSR count). The van der Waals surface area contributed by atoms with Crippen molar-refractivity contribution in [2.24, 2.45) is 0 Å². The molecule has 1 heterocycles. The van der Waals surface area contributed by atoms with Crippen molar-refractivity contribution in [1.82, 2.24) is 4.57 Å². The van der Waals surface area contributed by atoms with E-state index in [2.05, 4.69) is 185 Å². The summed E-state index contributed by atoms with van der Waals surface area (Å²) in [6, 6.07) is 68.3. The zero-order chi connectivity index (χ0) is 42.8. The van der Waals surface area contributed by atoms with Gasteiger partial charge in [-0.25, -0.2) is 0 Å². The summed E-state index contributed by atoms with van der Waals surface area (Å²) >= 11 is 0. The van der Waals surface area contributed by atoms with E-state index in [-0.39, 0.29) is 29.7 Å². The molecule has 0 atom stereocenters. The minimum atomic E-state index is -0.408. The fourth-order valence-electron chi connectivity index (χ4n) is 8.69. The van der Waals surface area contributed by atoms with Crippen LogP contribution >= 0.6 is 0 Å². The van der Waals surface area contributed by atoms with Gasteiger partial charge in [0.05, 0.1) is 29.3 Å². The van der Waals surface area contributed by atoms with Crippen molar-refractivity contribution in [3.05, 3.63) is 230 Å². The predicted octanol–water partition coefficient (Wildman–Crippen LogP) is 15.6. The van der Waals surface area contributed by atoms with Crippen LogP contribution in [0.5, 0.6) is 0 Å². The quantitative estimate of drug-likeness (QED) is 0.158. The van der Waals surface area contributed by atoms with Crippen LogP contribution in [0.4, 0.5) is 17.1 Å². The summed E-state index contributed by atoms with van der Waals surface area (Å²) in [7, 11) is 0. The van der Waals surface area contributed by atoms with Gasteiger partial charge < -0.3 is 9.47 Å². The normalized spacial score (nSPS) is 12.7. The first-order valence-corrected chi connectivity index (χ1v) is 19.5. The summed E-state index contributed by atoms with van der Waals surface area (Å²) in [4.78, 5) is 2.26. The maximum Gasteiger partial charge on any atom is 0.0629 e. The van der Waals surface area contributed by atoms with Crippen LogP contribution < -0.4 is 4.90 Å². The van der Waals surface area contributed by atoms with Gasteiger partial charge in [-0.1, -0.05) is 182 Å². The van der Waals surface area contributed by atoms with Crippen LogP contribution in [0.1, 0.15) is 6.85 Å². The Balaban J connectivity index is 1.15. The van der Waals surface area contributed by atoms with Gasteiger partial charge in [0.25, 0.3) is 0 Å². The summed E-state index contributed by atoms with van der Waals surface area (Å²) in [5.74, 6) is 0. The van der Waals surface area contributed by atoms with Gasteiger partial charge in [-0.2, -0.15) is 0 Å². The Morgan fingerprint density at radius 2 is 0.983 bits per heavy atom. The molecule has 0 N–H and O–H groups in total. The van der Waals surface area contributed by atoms with Crippen molar-refractivity contribution in [2.45, 2.75) is 0 Å². The molecule has 0 saturated carbocycles. The lowest BCUT2D eigenvalue weighted by Gasteiger charge is -2.29. The maximum atomic E-state index is 8.70. The van der Waals surface area contributed by atoms with Gasteiger partial charge in [0, 0.05) is 33.1 Å². The van der Waals surface area contributed by atoms with Gasteiger partial charge >= 0.3 is 0 Å². The Labute approximate surface area is 345 Å². The summed E-state index contributed by atoms with van der Waals surface area (Å²) in [5.41, 5.74) is 11.1. The molecule has 272 valence electrons. The number of fused-ring (bicyclic) bond motifs is 5. The van der Waals surface area contributed by atoms with Gasteiger partial charge in [-0.3, -0.25) is 0 Å². The van der Waals surface area contributed by atoms with Crippen molar-refractivity contribution in [3.63, 3.8) is 0 Å². The standard InChI is InChI=1S/C56H38N2/c1-2-16-39(17-3-1)40-34-36-44(37-35-40)57(45-23-12-22-43(38-45)47-28-13-20-41-18-4-6-24-46(41)47)53-30-10-8-26-49(53)50-29-15-33-55-56(50)51-27-9-11-31-54(51)58(55)52-32-14-21-42-19-5-7-25-48(42)52/h1-38H/i1D,2D,3D,16D,17D. The molecule has 0 amide bonds. The van der Waals surface area contributed by atoms with Crippen molar-refractivity contribution < 1.29 is 6.85 Å². The molecule has 0 saturated heterocycles. The highest BCUT2D eigenvalue weighted by Crippen LogP contribution is 2.46. The molecule has 0 aliphatic heterocycles. The van der Waals surface area contributed by atoms with E-state index in [9.17, 15) is 0 Å². The van der Waals surface area contributed by atoms with E-state index in [1.807, 2.05) is 24.3 Å². The Bertz CT molecular complexity index is 3550. The van der Waals surface area contributed by atoms with Gasteiger partial charge in [0.15, 0.2) is 0 Å². The summed E-state index contributed by atoms with van der Waals surface area (Å²) in [6.45, 7) is 0. The fraction of sp³-hybridized carbons (Fsp3) is 0. The highest BCUT2D eigenvalue weighted by atomic mass is 15.1. The van der Waals surface area contributed by atoms with Crippen LogP contribution in [-0.4, -0.2) is 4.57 Å². The van der Waals surface area contributed by atoms with Crippen molar-refractivity contribution in [2.75, 3.05) is 4.90 Å². The third kappa shape index (κ3) is 5.66. The second kappa shape index (κ2) is 14.1. The molecule has 0 aliphatic carbocycles. The van der Waals surface area contributed by atoms with Crippen LogP contribution in [0.3, 0.4) is 0 Å². The lowest BCUT2D eigenvalue weighted by molar-refractivity contribution is 1.20. The summed E-state index contributed by atoms with van der Waals surface area (Å²) in [6.07, 6.45) is 0. The molecule has 0 bridgehead atoms. The van der Waals surface area contributed by atoms with Crippen LogP contribution in [0.2, 0.25) is 0 Å². The second-order valence-corrected chi connectivity index (χ2v) is 14.5. The first-order valence-electron chi connectivity index (χ1n) is 22.0. The minimum absolute atomic E-state index is 0.173. The van der Waals surface area contributed by atoms with Crippen molar-refractivity contribution in [1.29, 1.82) is 0 Å². The monoisotopic (exact) mass is 743 g/mol. The number of anilines is 3. The number of hydrogen-bond donors (Lipinski definition) is 0. The zero-order valence-electron chi connectivity index (χ0n) is 36.4. The van der Waals surface area contributed by atoms with Crippen LogP contribution in [0.15, 0.2) is 230 Å². The highest BCUT2D eigenvalue weighted by Gasteiger charge is 2.22. The third-order valence-corrected chi connectivity index (χ3v) is 11.3. The first-order chi connectivity index (χ1) is 30.9. The summed E-state index contributed by atoms with van der Waals surface area (Å²) < 4.78 is 44.6. The van der Waals surface area contributed by atoms with E-state index in [1.165, 1.54) is 21.5 Å². The van der Waals surface area contributed by atoms with Crippen molar-refractivity contribution in [3.8, 4) is 39.1 Å². The molecular formula is C56H38N2. The number of nitrogens with zero attached hydrogens (tertiary/aromatic N) is 2. The number of hydrogen-bond acceptors (Lipinski definition) is 1. The van der Waals surface area contributed by atoms with E-state index >= 15 is 0 Å². The summed E-state index contributed by atoms with van der Waals surface area (Å²) in [5, 5.41) is 7.00. The lowest BCUT2D eigenvalue weighted by atomic mass is 9.95. The predicted molar refractivity (Wildman–Crippen MR) is 247 cm³/mol. The lowest BCUT2D eigenvalue weighted by Crippen LogP contribution is -2.11. The number of rotatable bonds is 7. The van der Waals surface area contributed by atoms with E-state index in [0.717, 1.165) is 66.8 Å². The molecule has 58 heavy (non-hydrogen) atoms. The Kier molecular flexibility index (Phi) is 6.98. The van der Waals surface area contributed by atoms with Gasteiger partial charge in [-0.15, -0.1) is 0 Å². The Hall–Kier alpha value is -7.68. The molecule has 0 fully saturated rings. The Morgan fingerprint density at radius 3 is 1.83 bits per heavy atom. The van der Waals surface area contributed by atoms with E-state index in [1.54, 1.807) is 0 Å². The van der Waals surface area contributed by atoms with E-state index < -0.39 is 6.04 Å². The molecule has 0 aliphatic rings. The molecular weight excluding hydrogens is 701 g/mol. The Morgan fingerprint density at radius 1 is 0.379 bits per heavy atom. The molecule has 0 radical (unpaired) electrons. The van der Waals surface area contributed by atoms with Crippen LogP contribution in [-0.2, 0) is 0 Å². The molecule has 0 unspecified atom stereocenters. The van der Waals surface area contributed by atoms with Gasteiger partial charge in [-0.05, 0) is 92.5 Å². The number of aromatic nitrogens is 1. The molecule has 0 spiro atoms. The molecule has 1 aromatic heterocycles. The fourth-order valence-corrected chi connectivity index (χ4v) is 8.69. The van der Waals surface area contributed by atoms with E-state index in [0.29, 0.717) is 5.56 Å². The largest absolute Gasteiger partial charge is 0.310 e. The SMILES string of the molecule is [2H]c1c([2H])c([2H])c(-c2ccc(N(c3cccc(-c4cccc5ccccc45)c3)c3ccccc3-c3cccc4c3c3ccccc3n4-c3cccc4ccccc34)cc2)c([2H])c1[2H]. The molecule has 11 aromatic rings. The number of para-hydroxylation sites is 2. The minimum Gasteiger partial charge on any atom is -0.310 e. The molecule has 10 aromatic carbocycles. The van der Waals surface area contributed by atoms with Crippen LogP contribution in [0.25, 0.3) is 82.4 Å². The number of benzene rings is 10. The van der Waals surface area contributed by atoms with E-state index in [4.69, 9.17) is 6.85 Å². The van der Waals surface area contributed by atoms with Crippen molar-refractivity contribution >= 4 is 60.4 Å². The second-order valence-electron chi connectivity index (χ2n) is 14.5. The molecule has 2 nitrogen and oxygen atoms in total. The first kappa shape index (κ1) is 28.7. The molecule has 2 heteroatoms. The van der Waals surface area contributed by atoms with Crippen LogP contribution in [0, 0.1) is 0 Å². The average molecular weight is 744 g/mol. The van der Waals surface area contributed by atoms with Gasteiger partial charge in [0.2, 0.25) is 0 Å². The third-order valence-electron chi connectivity index (χ3n) is 11.3. The average Bonchev–Trinajstić information content (AvgIpc) is 3.68. The zero-order valence-corrected chi connectivity index (χ0v) is 31.4. The highest BCUT2D eigenvalue weighted by molar-refractivity contribution is 6.17. The van der Waals surface area contributed by atoms with Gasteiger partial charge in [0.1, 0.15) is 0 Å². The smallest absolute Gasteiger partial charge is 0.0629 e.